The van der Waals surface area contributed by atoms with Crippen molar-refractivity contribution >= 4 is 15.9 Å². The zero-order valence-electron chi connectivity index (χ0n) is 9.73. The molecule has 5 N–H and O–H groups in total. The lowest BCUT2D eigenvalue weighted by Crippen LogP contribution is -2.58. The van der Waals surface area contributed by atoms with Gasteiger partial charge in [0.2, 0.25) is 0 Å². The molecule has 0 amide bonds. The third kappa shape index (κ3) is 3.34. The lowest BCUT2D eigenvalue weighted by molar-refractivity contribution is -0.278. The molecule has 1 rings (SSSR count). The van der Waals surface area contributed by atoms with E-state index in [1.807, 2.05) is 0 Å². The molecule has 1 aliphatic rings. The van der Waals surface area contributed by atoms with Crippen LogP contribution in [0.15, 0.2) is 11.5 Å². The van der Waals surface area contributed by atoms with E-state index >= 15 is 0 Å². The third-order valence-electron chi connectivity index (χ3n) is 2.61. The van der Waals surface area contributed by atoms with Gasteiger partial charge >= 0.3 is 0 Å². The molecular weight excluding hydrogens is 312 g/mol. The van der Waals surface area contributed by atoms with Crippen LogP contribution in [0, 0.1) is 0 Å². The minimum atomic E-state index is -1.69. The van der Waals surface area contributed by atoms with E-state index in [4.69, 9.17) is 9.47 Å². The van der Waals surface area contributed by atoms with Crippen molar-refractivity contribution in [3.63, 3.8) is 0 Å². The molecule has 0 spiro atoms. The number of rotatable bonds is 4. The molecule has 0 unspecified atom stereocenters. The first-order valence-corrected chi connectivity index (χ1v) is 6.48. The number of ether oxygens (including phenoxy) is 2. The fourth-order valence-corrected chi connectivity index (χ4v) is 1.72. The van der Waals surface area contributed by atoms with Gasteiger partial charge in [0.05, 0.1) is 6.61 Å². The van der Waals surface area contributed by atoms with Crippen LogP contribution in [0.25, 0.3) is 0 Å². The fourth-order valence-electron chi connectivity index (χ4n) is 1.55. The molecule has 1 aliphatic heterocycles. The summed E-state index contributed by atoms with van der Waals surface area (Å²) in [5, 5.41) is 48.1. The van der Waals surface area contributed by atoms with Crippen LogP contribution in [0.5, 0.6) is 0 Å². The molecule has 106 valence electrons. The number of aliphatic hydroxyl groups is 5. The monoisotopic (exact) mass is 328 g/mol. The summed E-state index contributed by atoms with van der Waals surface area (Å²) in [5.41, 5.74) is 0. The van der Waals surface area contributed by atoms with Crippen LogP contribution in [-0.4, -0.2) is 68.2 Å². The van der Waals surface area contributed by atoms with Gasteiger partial charge in [-0.05, 0) is 6.92 Å². The molecule has 7 nitrogen and oxygen atoms in total. The maximum Gasteiger partial charge on any atom is 0.184 e. The average molecular weight is 329 g/mol. The Morgan fingerprint density at radius 1 is 1.17 bits per heavy atom. The van der Waals surface area contributed by atoms with Crippen molar-refractivity contribution in [3.8, 4) is 0 Å². The number of allylic oxidation sites excluding steroid dienone is 1. The Bertz CT molecular complexity index is 309. The minimum Gasteiger partial charge on any atom is -0.506 e. The molecule has 18 heavy (non-hydrogen) atoms. The Balaban J connectivity index is 2.81. The molecule has 0 bridgehead atoms. The minimum absolute atomic E-state index is 0.106. The maximum absolute atomic E-state index is 9.81. The first-order chi connectivity index (χ1) is 8.40. The molecule has 0 radical (unpaired) electrons. The quantitative estimate of drug-likeness (QED) is 0.331. The summed E-state index contributed by atoms with van der Waals surface area (Å²) >= 11 is 3.14. The van der Waals surface area contributed by atoms with Crippen molar-refractivity contribution < 1.29 is 35.0 Å². The summed E-state index contributed by atoms with van der Waals surface area (Å²) in [4.78, 5) is 0. The second kappa shape index (κ2) is 6.69. The summed E-state index contributed by atoms with van der Waals surface area (Å²) in [6.45, 7) is 1.75. The van der Waals surface area contributed by atoms with Crippen molar-refractivity contribution in [3.05, 3.63) is 11.5 Å². The van der Waals surface area contributed by atoms with Crippen LogP contribution in [-0.2, 0) is 9.47 Å². The number of alkyl halides is 1. The van der Waals surface area contributed by atoms with E-state index in [-0.39, 0.29) is 5.76 Å². The van der Waals surface area contributed by atoms with Crippen LogP contribution >= 0.6 is 15.9 Å². The van der Waals surface area contributed by atoms with Gasteiger partial charge in [0.15, 0.2) is 12.0 Å². The normalized spacial score (nSPS) is 38.2. The Morgan fingerprint density at radius 2 is 1.78 bits per heavy atom. The van der Waals surface area contributed by atoms with Crippen molar-refractivity contribution in [1.82, 2.24) is 0 Å². The van der Waals surface area contributed by atoms with Gasteiger partial charge in [-0.2, -0.15) is 0 Å². The molecule has 0 aromatic rings. The van der Waals surface area contributed by atoms with Crippen molar-refractivity contribution in [2.24, 2.45) is 0 Å². The average Bonchev–Trinajstić information content (AvgIpc) is 2.36. The second-order valence-corrected chi connectivity index (χ2v) is 4.69. The fraction of sp³-hybridized carbons (Fsp3) is 0.800. The summed E-state index contributed by atoms with van der Waals surface area (Å²) < 4.78 is 9.96. The highest BCUT2D eigenvalue weighted by Gasteiger charge is 2.45. The zero-order valence-corrected chi connectivity index (χ0v) is 11.3. The SMILES string of the molecule is CC(OCCBr)=C(O)[C@H]1O[C@H](O)[C@@H](O)[C@@H](O)[C@@H]1O. The van der Waals surface area contributed by atoms with E-state index < -0.39 is 36.5 Å². The first-order valence-electron chi connectivity index (χ1n) is 5.36. The Kier molecular flexibility index (Phi) is 5.83. The lowest BCUT2D eigenvalue weighted by Gasteiger charge is -2.38. The van der Waals surface area contributed by atoms with E-state index in [9.17, 15) is 25.5 Å². The first kappa shape index (κ1) is 15.7. The molecule has 1 fully saturated rings. The van der Waals surface area contributed by atoms with E-state index in [1.54, 1.807) is 0 Å². The van der Waals surface area contributed by atoms with E-state index in [0.29, 0.717) is 11.9 Å². The van der Waals surface area contributed by atoms with E-state index in [1.165, 1.54) is 6.92 Å². The van der Waals surface area contributed by atoms with Crippen LogP contribution < -0.4 is 0 Å². The number of hydrogen-bond donors (Lipinski definition) is 5. The topological polar surface area (TPSA) is 120 Å². The molecule has 0 aliphatic carbocycles. The van der Waals surface area contributed by atoms with Gasteiger partial charge in [-0.15, -0.1) is 0 Å². The summed E-state index contributed by atoms with van der Waals surface area (Å²) in [6, 6.07) is 0. The standard InChI is InChI=1S/C10H17BrO7/c1-4(17-3-2-11)5(12)9-7(14)6(13)8(15)10(16)18-9/h6-10,12-16H,2-3H2,1H3/t6-,7-,8-,9+,10-/m0/s1. The van der Waals surface area contributed by atoms with Crippen LogP contribution in [0.1, 0.15) is 6.92 Å². The Labute approximate surface area is 112 Å². The van der Waals surface area contributed by atoms with E-state index in [0.717, 1.165) is 0 Å². The molecule has 0 aromatic carbocycles. The van der Waals surface area contributed by atoms with Crippen molar-refractivity contribution in [2.45, 2.75) is 37.6 Å². The van der Waals surface area contributed by atoms with Gasteiger partial charge in [-0.3, -0.25) is 0 Å². The highest BCUT2D eigenvalue weighted by Crippen LogP contribution is 2.25. The maximum atomic E-state index is 9.81. The molecule has 1 heterocycles. The number of hydrogen-bond acceptors (Lipinski definition) is 7. The summed E-state index contributed by atoms with van der Waals surface area (Å²) in [7, 11) is 0. The van der Waals surface area contributed by atoms with Crippen LogP contribution in [0.2, 0.25) is 0 Å². The molecular formula is C10H17BrO7. The second-order valence-electron chi connectivity index (χ2n) is 3.90. The number of aliphatic hydroxyl groups excluding tert-OH is 5. The predicted octanol–water partition coefficient (Wildman–Crippen LogP) is -1.01. The van der Waals surface area contributed by atoms with Gasteiger partial charge in [-0.25, -0.2) is 0 Å². The van der Waals surface area contributed by atoms with Gasteiger partial charge in [0, 0.05) is 5.33 Å². The number of halogens is 1. The third-order valence-corrected chi connectivity index (χ3v) is 2.94. The molecule has 5 atom stereocenters. The van der Waals surface area contributed by atoms with Gasteiger partial charge in [0.1, 0.15) is 30.2 Å². The van der Waals surface area contributed by atoms with E-state index in [2.05, 4.69) is 15.9 Å². The Morgan fingerprint density at radius 3 is 2.33 bits per heavy atom. The van der Waals surface area contributed by atoms with Crippen molar-refractivity contribution in [1.29, 1.82) is 0 Å². The van der Waals surface area contributed by atoms with Gasteiger partial charge < -0.3 is 35.0 Å². The highest BCUT2D eigenvalue weighted by molar-refractivity contribution is 9.09. The van der Waals surface area contributed by atoms with Gasteiger partial charge in [-0.1, -0.05) is 15.9 Å². The summed E-state index contributed by atoms with van der Waals surface area (Å²) in [5.74, 6) is -0.331. The van der Waals surface area contributed by atoms with Gasteiger partial charge in [0.25, 0.3) is 0 Å². The largest absolute Gasteiger partial charge is 0.506 e. The highest BCUT2D eigenvalue weighted by atomic mass is 79.9. The zero-order chi connectivity index (χ0) is 13.9. The Hall–Kier alpha value is -0.380. The molecule has 0 saturated carbocycles. The van der Waals surface area contributed by atoms with Crippen LogP contribution in [0.3, 0.4) is 0 Å². The van der Waals surface area contributed by atoms with Crippen molar-refractivity contribution in [2.75, 3.05) is 11.9 Å². The molecule has 0 aromatic heterocycles. The molecule has 1 saturated heterocycles. The summed E-state index contributed by atoms with van der Waals surface area (Å²) in [6.07, 6.45) is -7.86. The molecule has 8 heteroatoms. The van der Waals surface area contributed by atoms with Crippen LogP contribution in [0.4, 0.5) is 0 Å². The predicted molar refractivity (Wildman–Crippen MR) is 64.0 cm³/mol. The smallest absolute Gasteiger partial charge is 0.184 e. The lowest BCUT2D eigenvalue weighted by atomic mass is 9.97.